The average Bonchev–Trinajstić information content (AvgIpc) is 2.38. The van der Waals surface area contributed by atoms with E-state index in [4.69, 9.17) is 0 Å². The maximum atomic E-state index is 12.7. The highest BCUT2D eigenvalue weighted by Gasteiger charge is 2.46. The Morgan fingerprint density at radius 2 is 1.73 bits per heavy atom. The van der Waals surface area contributed by atoms with Crippen LogP contribution in [0.3, 0.4) is 0 Å². The average molecular weight is 344 g/mol. The van der Waals surface area contributed by atoms with E-state index in [1.807, 2.05) is 0 Å². The highest BCUT2D eigenvalue weighted by atomic mass is 127. The number of thiophene rings is 1. The molecule has 0 N–H and O–H groups in total. The van der Waals surface area contributed by atoms with Gasteiger partial charge in [0.05, 0.1) is 10.5 Å². The van der Waals surface area contributed by atoms with Crippen molar-refractivity contribution < 1.29 is 37.1 Å². The molecule has 0 saturated heterocycles. The summed E-state index contributed by atoms with van der Waals surface area (Å²) in [6, 6.07) is 8.30. The summed E-state index contributed by atoms with van der Waals surface area (Å²) in [5.41, 5.74) is -4.15. The summed E-state index contributed by atoms with van der Waals surface area (Å²) in [6.07, 6.45) is 0. The topological polar surface area (TPSA) is 0 Å². The first-order chi connectivity index (χ1) is 6.50. The molecule has 1 aromatic heterocycles. The quantitative estimate of drug-likeness (QED) is 0.500. The van der Waals surface area contributed by atoms with Gasteiger partial charge in [-0.3, -0.25) is 0 Å². The fraction of sp³-hybridized carbons (Fsp3) is 0.200. The van der Waals surface area contributed by atoms with Crippen molar-refractivity contribution in [3.63, 3.8) is 0 Å². The number of aryl methyl sites for hydroxylation is 1. The summed E-state index contributed by atoms with van der Waals surface area (Å²) in [6.45, 7) is 1.54. The molecular weight excluding hydrogens is 336 g/mol. The van der Waals surface area contributed by atoms with Gasteiger partial charge in [-0.05, 0) is 12.1 Å². The van der Waals surface area contributed by atoms with E-state index in [1.165, 1.54) is 6.92 Å². The van der Waals surface area contributed by atoms with Crippen molar-refractivity contribution in [1.29, 1.82) is 0 Å². The van der Waals surface area contributed by atoms with Crippen molar-refractivity contribution in [3.05, 3.63) is 35.2 Å². The first-order valence-corrected chi connectivity index (χ1v) is 5.31. The van der Waals surface area contributed by atoms with Crippen LogP contribution in [0.4, 0.5) is 13.2 Å². The highest BCUT2D eigenvalue weighted by Crippen LogP contribution is 2.50. The van der Waals surface area contributed by atoms with Crippen molar-refractivity contribution in [2.75, 3.05) is 0 Å². The Morgan fingerprint density at radius 3 is 2.33 bits per heavy atom. The normalized spacial score (nSPS) is 12.7. The third-order valence-electron chi connectivity index (χ3n) is 2.05. The van der Waals surface area contributed by atoms with Crippen molar-refractivity contribution in [3.8, 4) is 0 Å². The molecule has 1 aromatic carbocycles. The molecule has 0 aliphatic carbocycles. The van der Waals surface area contributed by atoms with E-state index < -0.39 is 16.0 Å². The van der Waals surface area contributed by atoms with Crippen LogP contribution >= 0.6 is 10.5 Å². The second kappa shape index (κ2) is 4.29. The van der Waals surface area contributed by atoms with Gasteiger partial charge in [-0.25, -0.2) is 0 Å². The lowest BCUT2D eigenvalue weighted by atomic mass is 10.2. The predicted octanol–water partition coefficient (Wildman–Crippen LogP) is 1.38. The van der Waals surface area contributed by atoms with Gasteiger partial charge in [-0.1, -0.05) is 12.1 Å². The van der Waals surface area contributed by atoms with Crippen LogP contribution in [0.2, 0.25) is 0 Å². The van der Waals surface area contributed by atoms with E-state index >= 15 is 0 Å². The number of hydrogen-bond acceptors (Lipinski definition) is 0. The third kappa shape index (κ3) is 2.28. The maximum Gasteiger partial charge on any atom is 0.600 e. The molecular formula is C10H8F3IS. The zero-order chi connectivity index (χ0) is 10.3. The molecule has 0 nitrogen and oxygen atoms in total. The first kappa shape index (κ1) is 12.8. The smallest absolute Gasteiger partial charge is 0.600 e. The van der Waals surface area contributed by atoms with Crippen LogP contribution in [-0.4, -0.2) is 0 Å². The van der Waals surface area contributed by atoms with Gasteiger partial charge in [0, 0.05) is 18.4 Å². The number of rotatable bonds is 0. The molecule has 0 fully saturated rings. The minimum Gasteiger partial charge on any atom is -1.00 e. The van der Waals surface area contributed by atoms with Gasteiger partial charge in [0.1, 0.15) is 0 Å². The molecule has 1 atom stereocenters. The summed E-state index contributed by atoms with van der Waals surface area (Å²) in [5.74, 6) is 0. The van der Waals surface area contributed by atoms with Crippen LogP contribution in [0.5, 0.6) is 0 Å². The third-order valence-corrected chi connectivity index (χ3v) is 4.09. The number of hydrogen-bond donors (Lipinski definition) is 0. The Labute approximate surface area is 105 Å². The molecule has 0 spiro atoms. The largest absolute Gasteiger partial charge is 1.00 e. The van der Waals surface area contributed by atoms with Crippen molar-refractivity contribution in [1.82, 2.24) is 0 Å². The van der Waals surface area contributed by atoms with Crippen LogP contribution in [0.25, 0.3) is 10.1 Å². The monoisotopic (exact) mass is 344 g/mol. The van der Waals surface area contributed by atoms with Crippen LogP contribution < -0.4 is 24.0 Å². The SMILES string of the molecule is Cc1cc2ccccc2[s+]1C(F)(F)F.[I-]. The van der Waals surface area contributed by atoms with Gasteiger partial charge in [0.15, 0.2) is 9.58 Å². The number of alkyl halides is 3. The van der Waals surface area contributed by atoms with Crippen molar-refractivity contribution in [2.45, 2.75) is 12.4 Å². The number of halogens is 4. The standard InChI is InChI=1S/C10H8F3S.HI/c1-7-6-8-4-2-3-5-9(8)14(7)10(11,12)13;/h2-6H,1H3;1H/q+1;/p-1. The van der Waals surface area contributed by atoms with E-state index in [2.05, 4.69) is 0 Å². The minimum atomic E-state index is -4.15. The van der Waals surface area contributed by atoms with Gasteiger partial charge in [-0.15, -0.1) is 13.2 Å². The summed E-state index contributed by atoms with van der Waals surface area (Å²) in [4.78, 5) is 0.402. The van der Waals surface area contributed by atoms with E-state index in [9.17, 15) is 13.2 Å². The molecule has 1 heterocycles. The van der Waals surface area contributed by atoms with Crippen LogP contribution in [0.1, 0.15) is 4.88 Å². The van der Waals surface area contributed by atoms with Crippen LogP contribution in [0, 0.1) is 6.92 Å². The van der Waals surface area contributed by atoms with Gasteiger partial charge >= 0.3 is 5.51 Å². The van der Waals surface area contributed by atoms with Gasteiger partial charge < -0.3 is 24.0 Å². The number of fused-ring (bicyclic) bond motifs is 1. The fourth-order valence-electron chi connectivity index (χ4n) is 1.54. The highest BCUT2D eigenvalue weighted by molar-refractivity contribution is 7.38. The maximum absolute atomic E-state index is 12.7. The lowest BCUT2D eigenvalue weighted by Crippen LogP contribution is -3.00. The molecule has 0 aliphatic heterocycles. The van der Waals surface area contributed by atoms with Crippen LogP contribution in [0.15, 0.2) is 30.3 Å². The van der Waals surface area contributed by atoms with E-state index in [1.54, 1.807) is 30.3 Å². The molecule has 0 aliphatic rings. The van der Waals surface area contributed by atoms with Crippen molar-refractivity contribution >= 4 is 20.6 Å². The molecule has 82 valence electrons. The van der Waals surface area contributed by atoms with E-state index in [-0.39, 0.29) is 24.0 Å². The zero-order valence-electron chi connectivity index (χ0n) is 7.81. The summed E-state index contributed by atoms with van der Waals surface area (Å²) >= 11 is 0. The van der Waals surface area contributed by atoms with Gasteiger partial charge in [-0.2, -0.15) is 0 Å². The number of benzene rings is 1. The van der Waals surface area contributed by atoms with Gasteiger partial charge in [0.25, 0.3) is 0 Å². The van der Waals surface area contributed by atoms with Gasteiger partial charge in [0.2, 0.25) is 0 Å². The fourth-order valence-corrected chi connectivity index (χ4v) is 3.33. The second-order valence-electron chi connectivity index (χ2n) is 3.04. The Kier molecular flexibility index (Phi) is 3.65. The summed E-state index contributed by atoms with van der Waals surface area (Å²) in [5, 5.41) is 0.700. The molecule has 0 saturated carbocycles. The molecule has 0 bridgehead atoms. The van der Waals surface area contributed by atoms with E-state index in [0.717, 1.165) is 0 Å². The second-order valence-corrected chi connectivity index (χ2v) is 5.20. The van der Waals surface area contributed by atoms with E-state index in [0.29, 0.717) is 15.0 Å². The molecule has 0 amide bonds. The molecule has 1 unspecified atom stereocenters. The zero-order valence-corrected chi connectivity index (χ0v) is 10.8. The molecule has 0 radical (unpaired) electrons. The molecule has 15 heavy (non-hydrogen) atoms. The Hall–Kier alpha value is -0.300. The first-order valence-electron chi connectivity index (χ1n) is 4.08. The molecule has 2 rings (SSSR count). The summed E-state index contributed by atoms with van der Waals surface area (Å²) in [7, 11) is -1.70. The Balaban J connectivity index is 0.00000112. The Morgan fingerprint density at radius 1 is 1.13 bits per heavy atom. The summed E-state index contributed by atoms with van der Waals surface area (Å²) < 4.78 is 38.4. The molecule has 2 aromatic rings. The predicted molar refractivity (Wildman–Crippen MR) is 52.5 cm³/mol. The van der Waals surface area contributed by atoms with Crippen LogP contribution in [-0.2, 0) is 5.51 Å². The van der Waals surface area contributed by atoms with Crippen molar-refractivity contribution in [2.24, 2.45) is 0 Å². The lowest BCUT2D eigenvalue weighted by Gasteiger charge is -1.96. The minimum absolute atomic E-state index is 0. The molecule has 5 heteroatoms. The Bertz CT molecular complexity index is 473. The lowest BCUT2D eigenvalue weighted by molar-refractivity contribution is -0.0867.